The van der Waals surface area contributed by atoms with Crippen LogP contribution >= 0.6 is 11.3 Å². The van der Waals surface area contributed by atoms with Gasteiger partial charge < -0.3 is 9.84 Å². The van der Waals surface area contributed by atoms with Gasteiger partial charge in [-0.15, -0.1) is 11.3 Å². The second-order valence-corrected chi connectivity index (χ2v) is 4.47. The van der Waals surface area contributed by atoms with Crippen molar-refractivity contribution in [3.8, 4) is 5.75 Å². The molecule has 0 saturated carbocycles. The molecule has 0 atom stereocenters. The monoisotopic (exact) mass is 280 g/mol. The number of nitrogens with zero attached hydrogens (tertiary/aromatic N) is 2. The molecule has 0 aliphatic heterocycles. The predicted octanol–water partition coefficient (Wildman–Crippen LogP) is 2.33. The number of nitro benzene ring substituents is 1. The summed E-state index contributed by atoms with van der Waals surface area (Å²) in [6.07, 6.45) is 1.58. The van der Waals surface area contributed by atoms with E-state index in [1.165, 1.54) is 17.4 Å². The SMILES string of the molecule is O=C(O)c1ccc([N+](=O)[O-])c(OCc2cncs2)c1. The molecular formula is C11H8N2O5S. The number of carboxylic acids is 1. The number of hydrogen-bond acceptors (Lipinski definition) is 6. The maximum Gasteiger partial charge on any atom is 0.335 e. The van der Waals surface area contributed by atoms with Crippen molar-refractivity contribution in [2.24, 2.45) is 0 Å². The zero-order valence-electron chi connectivity index (χ0n) is 9.48. The molecule has 0 unspecified atom stereocenters. The summed E-state index contributed by atoms with van der Waals surface area (Å²) in [6.45, 7) is 0.106. The van der Waals surface area contributed by atoms with Gasteiger partial charge in [-0.2, -0.15) is 0 Å². The summed E-state index contributed by atoms with van der Waals surface area (Å²) >= 11 is 1.34. The molecule has 1 aromatic heterocycles. The van der Waals surface area contributed by atoms with Gasteiger partial charge in [0, 0.05) is 18.3 Å². The molecule has 1 N–H and O–H groups in total. The summed E-state index contributed by atoms with van der Waals surface area (Å²) in [5.41, 5.74) is 1.28. The molecule has 0 bridgehead atoms. The van der Waals surface area contributed by atoms with Crippen LogP contribution in [0.2, 0.25) is 0 Å². The molecule has 0 radical (unpaired) electrons. The van der Waals surface area contributed by atoms with E-state index < -0.39 is 10.9 Å². The van der Waals surface area contributed by atoms with Crippen LogP contribution in [0.15, 0.2) is 29.9 Å². The van der Waals surface area contributed by atoms with Crippen LogP contribution in [-0.4, -0.2) is 21.0 Å². The van der Waals surface area contributed by atoms with Gasteiger partial charge in [-0.3, -0.25) is 15.1 Å². The molecule has 2 aromatic rings. The number of rotatable bonds is 5. The number of carbonyl (C=O) groups is 1. The minimum absolute atomic E-state index is 0.0649. The maximum atomic E-state index is 10.8. The molecular weight excluding hydrogens is 272 g/mol. The molecule has 0 aliphatic rings. The average Bonchev–Trinajstić information content (AvgIpc) is 2.88. The minimum atomic E-state index is -1.17. The summed E-state index contributed by atoms with van der Waals surface area (Å²) < 4.78 is 5.30. The van der Waals surface area contributed by atoms with E-state index in [4.69, 9.17) is 9.84 Å². The summed E-state index contributed by atoms with van der Waals surface area (Å²) in [7, 11) is 0. The fraction of sp³-hybridized carbons (Fsp3) is 0.0909. The third-order valence-corrected chi connectivity index (χ3v) is 3.01. The van der Waals surface area contributed by atoms with Gasteiger partial charge in [-0.05, 0) is 6.07 Å². The molecule has 0 spiro atoms. The summed E-state index contributed by atoms with van der Waals surface area (Å²) in [5, 5.41) is 19.7. The van der Waals surface area contributed by atoms with Crippen LogP contribution < -0.4 is 4.74 Å². The molecule has 7 nitrogen and oxygen atoms in total. The normalized spacial score (nSPS) is 10.1. The number of carboxylic acid groups (broad SMARTS) is 1. The van der Waals surface area contributed by atoms with Crippen molar-refractivity contribution >= 4 is 23.0 Å². The topological polar surface area (TPSA) is 103 Å². The quantitative estimate of drug-likeness (QED) is 0.666. The molecule has 0 fully saturated rings. The number of nitro groups is 1. The van der Waals surface area contributed by atoms with Crippen molar-refractivity contribution in [3.63, 3.8) is 0 Å². The Morgan fingerprint density at radius 2 is 2.32 bits per heavy atom. The van der Waals surface area contributed by atoms with Crippen LogP contribution in [0.4, 0.5) is 5.69 Å². The second kappa shape index (κ2) is 5.44. The van der Waals surface area contributed by atoms with Crippen molar-refractivity contribution < 1.29 is 19.6 Å². The number of thiazole rings is 1. The highest BCUT2D eigenvalue weighted by Gasteiger charge is 2.18. The number of aromatic nitrogens is 1. The van der Waals surface area contributed by atoms with Gasteiger partial charge in [0.15, 0.2) is 5.75 Å². The number of hydrogen-bond donors (Lipinski definition) is 1. The third-order valence-electron chi connectivity index (χ3n) is 2.26. The van der Waals surface area contributed by atoms with E-state index in [0.717, 1.165) is 17.0 Å². The van der Waals surface area contributed by atoms with Crippen LogP contribution in [0.3, 0.4) is 0 Å². The summed E-state index contributed by atoms with van der Waals surface area (Å²) in [5.74, 6) is -1.24. The van der Waals surface area contributed by atoms with Gasteiger partial charge in [0.2, 0.25) is 0 Å². The largest absolute Gasteiger partial charge is 0.481 e. The van der Waals surface area contributed by atoms with Crippen LogP contribution in [0.25, 0.3) is 0 Å². The Morgan fingerprint density at radius 1 is 1.53 bits per heavy atom. The summed E-state index contributed by atoms with van der Waals surface area (Å²) in [4.78, 5) is 25.7. The number of ether oxygens (including phenoxy) is 1. The van der Waals surface area contributed by atoms with E-state index in [1.807, 2.05) is 0 Å². The van der Waals surface area contributed by atoms with Gasteiger partial charge in [0.05, 0.1) is 20.9 Å². The Balaban J connectivity index is 2.27. The van der Waals surface area contributed by atoms with Crippen molar-refractivity contribution in [1.29, 1.82) is 0 Å². The van der Waals surface area contributed by atoms with Gasteiger partial charge in [-0.25, -0.2) is 4.79 Å². The van der Waals surface area contributed by atoms with Crippen molar-refractivity contribution in [2.75, 3.05) is 0 Å². The lowest BCUT2D eigenvalue weighted by atomic mass is 10.2. The Labute approximate surface area is 111 Å². The lowest BCUT2D eigenvalue weighted by molar-refractivity contribution is -0.385. The number of aromatic carboxylic acids is 1. The zero-order chi connectivity index (χ0) is 13.8. The highest BCUT2D eigenvalue weighted by molar-refractivity contribution is 7.09. The fourth-order valence-corrected chi connectivity index (χ4v) is 1.88. The first kappa shape index (κ1) is 13.0. The second-order valence-electron chi connectivity index (χ2n) is 3.50. The Morgan fingerprint density at radius 3 is 2.89 bits per heavy atom. The standard InChI is InChI=1S/C11H8N2O5S/c14-11(15)7-1-2-9(13(16)17)10(3-7)18-5-8-4-12-6-19-8/h1-4,6H,5H2,(H,14,15). The molecule has 8 heteroatoms. The van der Waals surface area contributed by atoms with Crippen LogP contribution in [-0.2, 0) is 6.61 Å². The molecule has 2 rings (SSSR count). The predicted molar refractivity (Wildman–Crippen MR) is 66.5 cm³/mol. The summed E-state index contributed by atoms with van der Waals surface area (Å²) in [6, 6.07) is 3.42. The average molecular weight is 280 g/mol. The molecule has 0 amide bonds. The van der Waals surface area contributed by atoms with Crippen LogP contribution in [0.5, 0.6) is 5.75 Å². The van der Waals surface area contributed by atoms with Gasteiger partial charge in [0.1, 0.15) is 6.61 Å². The lowest BCUT2D eigenvalue weighted by Gasteiger charge is -2.06. The van der Waals surface area contributed by atoms with Crippen LogP contribution in [0.1, 0.15) is 15.2 Å². The number of benzene rings is 1. The van der Waals surface area contributed by atoms with Crippen molar-refractivity contribution in [1.82, 2.24) is 4.98 Å². The van der Waals surface area contributed by atoms with Crippen molar-refractivity contribution in [2.45, 2.75) is 6.61 Å². The maximum absolute atomic E-state index is 10.8. The zero-order valence-corrected chi connectivity index (χ0v) is 10.3. The molecule has 1 heterocycles. The first-order valence-electron chi connectivity index (χ1n) is 5.10. The molecule has 98 valence electrons. The fourth-order valence-electron chi connectivity index (χ4n) is 1.38. The first-order chi connectivity index (χ1) is 9.08. The van der Waals surface area contributed by atoms with Crippen LogP contribution in [0, 0.1) is 10.1 Å². The Hall–Kier alpha value is -2.48. The Bertz CT molecular complexity index is 612. The van der Waals surface area contributed by atoms with E-state index in [2.05, 4.69) is 4.98 Å². The van der Waals surface area contributed by atoms with E-state index in [1.54, 1.807) is 11.7 Å². The lowest BCUT2D eigenvalue weighted by Crippen LogP contribution is -2.02. The molecule has 1 aromatic carbocycles. The van der Waals surface area contributed by atoms with Gasteiger partial charge in [-0.1, -0.05) is 0 Å². The van der Waals surface area contributed by atoms with E-state index in [-0.39, 0.29) is 23.6 Å². The van der Waals surface area contributed by atoms with Gasteiger partial charge in [0.25, 0.3) is 0 Å². The third kappa shape index (κ3) is 3.05. The first-order valence-corrected chi connectivity index (χ1v) is 5.98. The van der Waals surface area contributed by atoms with E-state index >= 15 is 0 Å². The highest BCUT2D eigenvalue weighted by Crippen LogP contribution is 2.29. The highest BCUT2D eigenvalue weighted by atomic mass is 32.1. The van der Waals surface area contributed by atoms with E-state index in [0.29, 0.717) is 0 Å². The van der Waals surface area contributed by atoms with E-state index in [9.17, 15) is 14.9 Å². The smallest absolute Gasteiger partial charge is 0.335 e. The minimum Gasteiger partial charge on any atom is -0.481 e. The van der Waals surface area contributed by atoms with Gasteiger partial charge >= 0.3 is 11.7 Å². The van der Waals surface area contributed by atoms with Crippen molar-refractivity contribution in [3.05, 3.63) is 50.5 Å². The molecule has 0 saturated heterocycles. The molecule has 0 aliphatic carbocycles. The molecule has 19 heavy (non-hydrogen) atoms. The Kier molecular flexibility index (Phi) is 3.71.